The van der Waals surface area contributed by atoms with Gasteiger partial charge >= 0.3 is 5.69 Å². The van der Waals surface area contributed by atoms with Gasteiger partial charge in [-0.25, -0.2) is 4.98 Å². The summed E-state index contributed by atoms with van der Waals surface area (Å²) in [5, 5.41) is 14.2. The fourth-order valence-electron chi connectivity index (χ4n) is 1.48. The molecule has 7 nitrogen and oxygen atoms in total. The van der Waals surface area contributed by atoms with Crippen LogP contribution in [0, 0.1) is 28.9 Å². The summed E-state index contributed by atoms with van der Waals surface area (Å²) in [7, 11) is 0. The summed E-state index contributed by atoms with van der Waals surface area (Å²) in [5.41, 5.74) is -0.197. The zero-order valence-electron chi connectivity index (χ0n) is 12.6. The minimum atomic E-state index is -0.502. The highest BCUT2D eigenvalue weighted by atomic mass is 16.6. The lowest BCUT2D eigenvalue weighted by molar-refractivity contribution is -0.385. The average Bonchev–Trinajstić information content (AvgIpc) is 2.32. The summed E-state index contributed by atoms with van der Waals surface area (Å²) in [6.07, 6.45) is 0. The van der Waals surface area contributed by atoms with E-state index in [1.807, 2.05) is 27.7 Å². The Morgan fingerprint density at radius 1 is 1.25 bits per heavy atom. The van der Waals surface area contributed by atoms with Crippen LogP contribution in [-0.2, 0) is 0 Å². The number of anilines is 1. The summed E-state index contributed by atoms with van der Waals surface area (Å²) in [4.78, 5) is 18.9. The molecule has 7 heteroatoms. The lowest BCUT2D eigenvalue weighted by atomic mass is 10.2. The van der Waals surface area contributed by atoms with Crippen molar-refractivity contribution in [2.24, 2.45) is 11.8 Å². The van der Waals surface area contributed by atoms with Crippen LogP contribution in [0.1, 0.15) is 33.5 Å². The van der Waals surface area contributed by atoms with E-state index in [1.54, 1.807) is 6.92 Å². The molecule has 0 aliphatic rings. The molecule has 1 rings (SSSR count). The number of aromatic nitrogens is 2. The van der Waals surface area contributed by atoms with Crippen molar-refractivity contribution in [1.29, 1.82) is 0 Å². The van der Waals surface area contributed by atoms with Gasteiger partial charge in [0.15, 0.2) is 0 Å². The van der Waals surface area contributed by atoms with E-state index in [9.17, 15) is 10.1 Å². The van der Waals surface area contributed by atoms with Crippen molar-refractivity contribution in [3.63, 3.8) is 0 Å². The number of hydrogen-bond donors (Lipinski definition) is 1. The second kappa shape index (κ2) is 7.02. The summed E-state index contributed by atoms with van der Waals surface area (Å²) in [6, 6.07) is 0. The molecule has 0 unspecified atom stereocenters. The zero-order chi connectivity index (χ0) is 15.3. The molecular weight excluding hydrogens is 260 g/mol. The Labute approximate surface area is 118 Å². The number of nitrogens with one attached hydrogen (secondary N) is 1. The van der Waals surface area contributed by atoms with Crippen molar-refractivity contribution >= 4 is 11.5 Å². The Balaban J connectivity index is 3.11. The number of nitrogens with zero attached hydrogens (tertiary/aromatic N) is 3. The minimum absolute atomic E-state index is 0.0301. The highest BCUT2D eigenvalue weighted by Crippen LogP contribution is 2.32. The molecule has 1 aromatic heterocycles. The molecule has 0 bridgehead atoms. The molecule has 1 N–H and O–H groups in total. The van der Waals surface area contributed by atoms with Crippen LogP contribution >= 0.6 is 0 Å². The quantitative estimate of drug-likeness (QED) is 0.611. The molecule has 0 aromatic carbocycles. The van der Waals surface area contributed by atoms with Crippen LogP contribution < -0.4 is 10.1 Å². The predicted molar refractivity (Wildman–Crippen MR) is 77.1 cm³/mol. The summed E-state index contributed by atoms with van der Waals surface area (Å²) in [6.45, 7) is 10.6. The smallest absolute Gasteiger partial charge is 0.372 e. The molecule has 112 valence electrons. The zero-order valence-corrected chi connectivity index (χ0v) is 12.6. The fraction of sp³-hybridized carbons (Fsp3) is 0.692. The maximum Gasteiger partial charge on any atom is 0.372 e. The van der Waals surface area contributed by atoms with Gasteiger partial charge in [-0.3, -0.25) is 10.1 Å². The minimum Gasteiger partial charge on any atom is -0.472 e. The van der Waals surface area contributed by atoms with E-state index in [0.29, 0.717) is 24.9 Å². The van der Waals surface area contributed by atoms with Crippen LogP contribution in [0.25, 0.3) is 0 Å². The lowest BCUT2D eigenvalue weighted by Gasteiger charge is -2.12. The van der Waals surface area contributed by atoms with Crippen LogP contribution in [0.15, 0.2) is 0 Å². The summed E-state index contributed by atoms with van der Waals surface area (Å²) in [5.74, 6) is 1.31. The topological polar surface area (TPSA) is 90.2 Å². The SMILES string of the molecule is Cc1nc(NCC(C)C)c([N+](=O)[O-])c(OCC(C)C)n1. The fourth-order valence-corrected chi connectivity index (χ4v) is 1.48. The number of aryl methyl sites for hydroxylation is 1. The Bertz CT molecular complexity index is 442. The van der Waals surface area contributed by atoms with Gasteiger partial charge in [-0.2, -0.15) is 4.98 Å². The molecule has 1 aromatic rings. The molecular formula is C13H22N4O3. The first kappa shape index (κ1) is 16.1. The van der Waals surface area contributed by atoms with Crippen LogP contribution in [0.2, 0.25) is 0 Å². The van der Waals surface area contributed by atoms with Gasteiger partial charge in [0.25, 0.3) is 5.88 Å². The number of hydrogen-bond acceptors (Lipinski definition) is 6. The van der Waals surface area contributed by atoms with Crippen molar-refractivity contribution in [2.75, 3.05) is 18.5 Å². The number of rotatable bonds is 7. The molecule has 0 saturated heterocycles. The third kappa shape index (κ3) is 4.64. The van der Waals surface area contributed by atoms with Crippen molar-refractivity contribution in [3.8, 4) is 5.88 Å². The molecule has 20 heavy (non-hydrogen) atoms. The van der Waals surface area contributed by atoms with Crippen molar-refractivity contribution < 1.29 is 9.66 Å². The first-order valence-corrected chi connectivity index (χ1v) is 6.71. The van der Waals surface area contributed by atoms with Gasteiger partial charge < -0.3 is 10.1 Å². The van der Waals surface area contributed by atoms with Gasteiger partial charge in [0.2, 0.25) is 5.82 Å². The van der Waals surface area contributed by atoms with E-state index in [-0.39, 0.29) is 23.3 Å². The molecule has 0 spiro atoms. The molecule has 0 aliphatic heterocycles. The van der Waals surface area contributed by atoms with E-state index < -0.39 is 4.92 Å². The molecule has 0 radical (unpaired) electrons. The van der Waals surface area contributed by atoms with Crippen LogP contribution in [0.4, 0.5) is 11.5 Å². The van der Waals surface area contributed by atoms with Crippen molar-refractivity contribution in [2.45, 2.75) is 34.6 Å². The lowest BCUT2D eigenvalue weighted by Crippen LogP contribution is -2.14. The number of nitro groups is 1. The van der Waals surface area contributed by atoms with Gasteiger partial charge in [0.1, 0.15) is 5.82 Å². The van der Waals surface area contributed by atoms with E-state index in [2.05, 4.69) is 15.3 Å². The van der Waals surface area contributed by atoms with Crippen LogP contribution in [0.5, 0.6) is 5.88 Å². The molecule has 0 saturated carbocycles. The van der Waals surface area contributed by atoms with E-state index in [4.69, 9.17) is 4.74 Å². The Hall–Kier alpha value is -1.92. The van der Waals surface area contributed by atoms with Crippen LogP contribution in [-0.4, -0.2) is 28.0 Å². The summed E-state index contributed by atoms with van der Waals surface area (Å²) >= 11 is 0. The Kier molecular flexibility index (Phi) is 5.66. The maximum absolute atomic E-state index is 11.2. The van der Waals surface area contributed by atoms with E-state index >= 15 is 0 Å². The molecule has 0 fully saturated rings. The Morgan fingerprint density at radius 2 is 1.90 bits per heavy atom. The van der Waals surface area contributed by atoms with Gasteiger partial charge in [0.05, 0.1) is 11.5 Å². The van der Waals surface area contributed by atoms with Gasteiger partial charge in [0, 0.05) is 6.54 Å². The normalized spacial score (nSPS) is 10.9. The highest BCUT2D eigenvalue weighted by Gasteiger charge is 2.25. The first-order chi connectivity index (χ1) is 9.31. The second-order valence-corrected chi connectivity index (χ2v) is 5.51. The van der Waals surface area contributed by atoms with E-state index in [0.717, 1.165) is 0 Å². The predicted octanol–water partition coefficient (Wildman–Crippen LogP) is 2.80. The maximum atomic E-state index is 11.2. The largest absolute Gasteiger partial charge is 0.472 e. The van der Waals surface area contributed by atoms with Crippen molar-refractivity contribution in [3.05, 3.63) is 15.9 Å². The third-order valence-corrected chi connectivity index (χ3v) is 2.38. The Morgan fingerprint density at radius 3 is 2.40 bits per heavy atom. The third-order valence-electron chi connectivity index (χ3n) is 2.38. The van der Waals surface area contributed by atoms with E-state index in [1.165, 1.54) is 0 Å². The molecule has 0 atom stereocenters. The van der Waals surface area contributed by atoms with Gasteiger partial charge in [-0.05, 0) is 18.8 Å². The first-order valence-electron chi connectivity index (χ1n) is 6.71. The van der Waals surface area contributed by atoms with Crippen LogP contribution in [0.3, 0.4) is 0 Å². The monoisotopic (exact) mass is 282 g/mol. The average molecular weight is 282 g/mol. The highest BCUT2D eigenvalue weighted by molar-refractivity contribution is 5.61. The molecule has 0 amide bonds. The standard InChI is InChI=1S/C13H22N4O3/c1-8(2)6-14-12-11(17(18)19)13(16-10(5)15-12)20-7-9(3)4/h8-9H,6-7H2,1-5H3,(H,14,15,16). The number of ether oxygens (including phenoxy) is 1. The van der Waals surface area contributed by atoms with Gasteiger partial charge in [-0.15, -0.1) is 0 Å². The molecule has 0 aliphatic carbocycles. The van der Waals surface area contributed by atoms with Gasteiger partial charge in [-0.1, -0.05) is 27.7 Å². The second-order valence-electron chi connectivity index (χ2n) is 5.51. The molecule has 1 heterocycles. The summed E-state index contributed by atoms with van der Waals surface area (Å²) < 4.78 is 5.46. The van der Waals surface area contributed by atoms with Crippen molar-refractivity contribution in [1.82, 2.24) is 9.97 Å².